The summed E-state index contributed by atoms with van der Waals surface area (Å²) in [7, 11) is -8.59. The predicted octanol–water partition coefficient (Wildman–Crippen LogP) is -1.43. The standard InChI is InChI=1S/C2H6FNO4S2/c3-9(5,6)1-2-10(4,7)8/h1-2H2,(H2,4,7,8). The molecule has 5 nitrogen and oxygen atoms in total. The Hall–Kier alpha value is -0.210. The van der Waals surface area contributed by atoms with Crippen LogP contribution in [-0.4, -0.2) is 28.3 Å². The molecule has 0 bridgehead atoms. The molecule has 0 atom stereocenters. The van der Waals surface area contributed by atoms with Gasteiger partial charge in [0.05, 0.1) is 11.5 Å². The minimum atomic E-state index is -4.72. The topological polar surface area (TPSA) is 94.3 Å². The van der Waals surface area contributed by atoms with E-state index in [1.807, 2.05) is 0 Å². The van der Waals surface area contributed by atoms with E-state index in [0.29, 0.717) is 0 Å². The van der Waals surface area contributed by atoms with Gasteiger partial charge in [-0.25, -0.2) is 13.6 Å². The zero-order chi connectivity index (χ0) is 8.41. The van der Waals surface area contributed by atoms with Gasteiger partial charge in [0.2, 0.25) is 10.0 Å². The number of primary sulfonamides is 1. The van der Waals surface area contributed by atoms with Crippen molar-refractivity contribution < 1.29 is 20.7 Å². The number of sulfonamides is 1. The highest BCUT2D eigenvalue weighted by molar-refractivity contribution is 7.91. The molecule has 0 aliphatic rings. The molecule has 62 valence electrons. The number of hydrogen-bond acceptors (Lipinski definition) is 4. The van der Waals surface area contributed by atoms with Gasteiger partial charge in [0.15, 0.2) is 0 Å². The van der Waals surface area contributed by atoms with Gasteiger partial charge in [-0.15, -0.1) is 3.89 Å². The molecule has 0 amide bonds. The fourth-order valence-electron chi connectivity index (χ4n) is 0.216. The molecule has 0 saturated heterocycles. The third kappa shape index (κ3) is 7.79. The summed E-state index contributed by atoms with van der Waals surface area (Å²) in [4.78, 5) is 0. The van der Waals surface area contributed by atoms with E-state index in [1.165, 1.54) is 0 Å². The van der Waals surface area contributed by atoms with Gasteiger partial charge in [-0.2, -0.15) is 8.42 Å². The molecule has 0 aromatic rings. The summed E-state index contributed by atoms with van der Waals surface area (Å²) in [5, 5.41) is 4.38. The maximum atomic E-state index is 11.6. The zero-order valence-corrected chi connectivity index (χ0v) is 6.45. The van der Waals surface area contributed by atoms with Crippen LogP contribution in [0.15, 0.2) is 0 Å². The van der Waals surface area contributed by atoms with Crippen molar-refractivity contribution in [1.82, 2.24) is 0 Å². The summed E-state index contributed by atoms with van der Waals surface area (Å²) in [6.45, 7) is 0. The molecule has 0 rings (SSSR count). The fourth-order valence-corrected chi connectivity index (χ4v) is 1.94. The number of halogens is 1. The Morgan fingerprint density at radius 3 is 1.60 bits per heavy atom. The van der Waals surface area contributed by atoms with E-state index in [2.05, 4.69) is 5.14 Å². The summed E-state index contributed by atoms with van der Waals surface area (Å²) in [5.74, 6) is -1.96. The molecule has 0 aliphatic heterocycles. The van der Waals surface area contributed by atoms with E-state index in [0.717, 1.165) is 0 Å². The molecule has 0 saturated carbocycles. The van der Waals surface area contributed by atoms with Crippen molar-refractivity contribution in [3.63, 3.8) is 0 Å². The first-order chi connectivity index (χ1) is 4.21. The smallest absolute Gasteiger partial charge is 0.229 e. The van der Waals surface area contributed by atoms with Crippen molar-refractivity contribution >= 4 is 20.2 Å². The number of nitrogens with two attached hydrogens (primary N) is 1. The molecule has 0 heterocycles. The lowest BCUT2D eigenvalue weighted by molar-refractivity contribution is 0.551. The average Bonchev–Trinajstić information content (AvgIpc) is 1.57. The Bertz CT molecular complexity index is 257. The van der Waals surface area contributed by atoms with Crippen molar-refractivity contribution in [3.8, 4) is 0 Å². The van der Waals surface area contributed by atoms with Gasteiger partial charge in [0.1, 0.15) is 0 Å². The molecule has 2 N–H and O–H groups in total. The second-order valence-corrected chi connectivity index (χ2v) is 4.83. The quantitative estimate of drug-likeness (QED) is 0.553. The molecule has 0 aromatic carbocycles. The maximum absolute atomic E-state index is 11.6. The van der Waals surface area contributed by atoms with Crippen LogP contribution < -0.4 is 5.14 Å². The van der Waals surface area contributed by atoms with Gasteiger partial charge in [0.25, 0.3) is 0 Å². The van der Waals surface area contributed by atoms with Gasteiger partial charge >= 0.3 is 10.2 Å². The van der Waals surface area contributed by atoms with Gasteiger partial charge in [-0.1, -0.05) is 0 Å². The SMILES string of the molecule is NS(=O)(=O)CCS(=O)(=O)F. The monoisotopic (exact) mass is 191 g/mol. The highest BCUT2D eigenvalue weighted by atomic mass is 32.3. The third-order valence-corrected chi connectivity index (χ3v) is 2.34. The molecule has 0 radical (unpaired) electrons. The summed E-state index contributed by atoms with van der Waals surface area (Å²) < 4.78 is 51.0. The number of rotatable bonds is 3. The summed E-state index contributed by atoms with van der Waals surface area (Å²) in [6, 6.07) is 0. The van der Waals surface area contributed by atoms with Crippen molar-refractivity contribution in [2.24, 2.45) is 5.14 Å². The van der Waals surface area contributed by atoms with Gasteiger partial charge in [-0.05, 0) is 0 Å². The lowest BCUT2D eigenvalue weighted by Crippen LogP contribution is -2.21. The molecule has 0 aliphatic carbocycles. The first-order valence-electron chi connectivity index (χ1n) is 2.13. The van der Waals surface area contributed by atoms with Gasteiger partial charge < -0.3 is 0 Å². The van der Waals surface area contributed by atoms with Crippen LogP contribution in [0.25, 0.3) is 0 Å². The average molecular weight is 191 g/mol. The van der Waals surface area contributed by atoms with E-state index < -0.39 is 31.8 Å². The van der Waals surface area contributed by atoms with E-state index >= 15 is 0 Å². The molecule has 0 unspecified atom stereocenters. The van der Waals surface area contributed by atoms with E-state index in [4.69, 9.17) is 0 Å². The van der Waals surface area contributed by atoms with E-state index in [1.54, 1.807) is 0 Å². The molecule has 0 fully saturated rings. The Kier molecular flexibility index (Phi) is 2.75. The van der Waals surface area contributed by atoms with Crippen LogP contribution in [0.4, 0.5) is 3.89 Å². The fraction of sp³-hybridized carbons (Fsp3) is 1.00. The molecule has 0 aromatic heterocycles. The Morgan fingerprint density at radius 2 is 1.50 bits per heavy atom. The Labute approximate surface area is 58.3 Å². The maximum Gasteiger partial charge on any atom is 0.303 e. The second kappa shape index (κ2) is 2.81. The van der Waals surface area contributed by atoms with E-state index in [9.17, 15) is 20.7 Å². The second-order valence-electron chi connectivity index (χ2n) is 1.61. The minimum absolute atomic E-state index is 0.883. The molecule has 8 heteroatoms. The van der Waals surface area contributed by atoms with Crippen LogP contribution in [0.5, 0.6) is 0 Å². The van der Waals surface area contributed by atoms with E-state index in [-0.39, 0.29) is 0 Å². The largest absolute Gasteiger partial charge is 0.303 e. The first-order valence-corrected chi connectivity index (χ1v) is 5.40. The zero-order valence-electron chi connectivity index (χ0n) is 4.82. The van der Waals surface area contributed by atoms with Crippen LogP contribution in [0, 0.1) is 0 Å². The lowest BCUT2D eigenvalue weighted by Gasteiger charge is -1.91. The Balaban J connectivity index is 4.05. The normalized spacial score (nSPS) is 13.4. The summed E-state index contributed by atoms with van der Waals surface area (Å²) in [5.41, 5.74) is 0. The van der Waals surface area contributed by atoms with Crippen molar-refractivity contribution in [2.75, 3.05) is 11.5 Å². The van der Waals surface area contributed by atoms with Crippen LogP contribution >= 0.6 is 0 Å². The highest BCUT2D eigenvalue weighted by Gasteiger charge is 2.12. The molecular weight excluding hydrogens is 185 g/mol. The summed E-state index contributed by atoms with van der Waals surface area (Å²) >= 11 is 0. The molecular formula is C2H6FNO4S2. The minimum Gasteiger partial charge on any atom is -0.229 e. The molecule has 10 heavy (non-hydrogen) atoms. The first kappa shape index (κ1) is 9.79. The lowest BCUT2D eigenvalue weighted by atomic mass is 11.0. The van der Waals surface area contributed by atoms with Crippen LogP contribution in [-0.2, 0) is 20.2 Å². The van der Waals surface area contributed by atoms with Crippen molar-refractivity contribution in [1.29, 1.82) is 0 Å². The molecule has 0 spiro atoms. The third-order valence-electron chi connectivity index (χ3n) is 0.612. The van der Waals surface area contributed by atoms with Crippen molar-refractivity contribution in [2.45, 2.75) is 0 Å². The number of hydrogen-bond donors (Lipinski definition) is 1. The highest BCUT2D eigenvalue weighted by Crippen LogP contribution is 1.91. The van der Waals surface area contributed by atoms with Crippen LogP contribution in [0.1, 0.15) is 0 Å². The van der Waals surface area contributed by atoms with Crippen molar-refractivity contribution in [3.05, 3.63) is 0 Å². The predicted molar refractivity (Wildman–Crippen MR) is 32.9 cm³/mol. The van der Waals surface area contributed by atoms with Crippen LogP contribution in [0.2, 0.25) is 0 Å². The van der Waals surface area contributed by atoms with Crippen LogP contribution in [0.3, 0.4) is 0 Å². The Morgan fingerprint density at radius 1 is 1.10 bits per heavy atom. The summed E-state index contributed by atoms with van der Waals surface area (Å²) in [6.07, 6.45) is 0. The van der Waals surface area contributed by atoms with Gasteiger partial charge in [-0.3, -0.25) is 0 Å². The van der Waals surface area contributed by atoms with Gasteiger partial charge in [0, 0.05) is 0 Å².